The van der Waals surface area contributed by atoms with Gasteiger partial charge in [-0.2, -0.15) is 0 Å². The van der Waals surface area contributed by atoms with Crippen LogP contribution in [0.25, 0.3) is 6.08 Å². The average Bonchev–Trinajstić information content (AvgIpc) is 2.97. The second kappa shape index (κ2) is 4.75. The predicted octanol–water partition coefficient (Wildman–Crippen LogP) is 3.54. The minimum absolute atomic E-state index is 0.368. The molecular formula is C17H17N3. The van der Waals surface area contributed by atoms with Gasteiger partial charge in [-0.15, -0.1) is 0 Å². The van der Waals surface area contributed by atoms with Crippen LogP contribution in [0.5, 0.6) is 0 Å². The van der Waals surface area contributed by atoms with Crippen molar-refractivity contribution in [3.63, 3.8) is 0 Å². The van der Waals surface area contributed by atoms with E-state index in [0.717, 1.165) is 23.5 Å². The van der Waals surface area contributed by atoms with Crippen LogP contribution in [0.1, 0.15) is 41.3 Å². The van der Waals surface area contributed by atoms with E-state index in [9.17, 15) is 0 Å². The lowest BCUT2D eigenvalue weighted by Gasteiger charge is -2.27. The average molecular weight is 263 g/mol. The molecule has 4 rings (SSSR count). The minimum Gasteiger partial charge on any atom is -0.363 e. The van der Waals surface area contributed by atoms with E-state index >= 15 is 0 Å². The maximum atomic E-state index is 4.44. The third kappa shape index (κ3) is 1.90. The van der Waals surface area contributed by atoms with Crippen molar-refractivity contribution in [2.45, 2.75) is 31.7 Å². The molecule has 3 heteroatoms. The lowest BCUT2D eigenvalue weighted by Crippen LogP contribution is -2.18. The molecule has 0 bridgehead atoms. The quantitative estimate of drug-likeness (QED) is 0.900. The molecule has 20 heavy (non-hydrogen) atoms. The number of hydrogen-bond acceptors (Lipinski definition) is 3. The van der Waals surface area contributed by atoms with E-state index in [-0.39, 0.29) is 0 Å². The van der Waals surface area contributed by atoms with Gasteiger partial charge in [0.15, 0.2) is 0 Å². The van der Waals surface area contributed by atoms with E-state index in [4.69, 9.17) is 0 Å². The number of nitrogens with one attached hydrogen (secondary N) is 1. The summed E-state index contributed by atoms with van der Waals surface area (Å²) in [6.07, 6.45) is 10.5. The molecule has 1 heterocycles. The number of hydrogen-bond donors (Lipinski definition) is 1. The highest BCUT2D eigenvalue weighted by molar-refractivity contribution is 5.69. The number of benzene rings is 1. The molecule has 0 saturated carbocycles. The van der Waals surface area contributed by atoms with Crippen molar-refractivity contribution in [3.05, 3.63) is 59.1 Å². The van der Waals surface area contributed by atoms with Gasteiger partial charge < -0.3 is 5.32 Å². The van der Waals surface area contributed by atoms with Crippen LogP contribution in [0, 0.1) is 0 Å². The van der Waals surface area contributed by atoms with Crippen molar-refractivity contribution >= 4 is 11.9 Å². The first-order chi connectivity index (χ1) is 9.92. The molecule has 0 saturated heterocycles. The Hall–Kier alpha value is -2.16. The van der Waals surface area contributed by atoms with Crippen LogP contribution in [0.4, 0.5) is 5.82 Å². The van der Waals surface area contributed by atoms with E-state index in [1.54, 1.807) is 6.33 Å². The summed E-state index contributed by atoms with van der Waals surface area (Å²) in [6, 6.07) is 9.11. The van der Waals surface area contributed by atoms with Gasteiger partial charge in [-0.25, -0.2) is 9.97 Å². The summed E-state index contributed by atoms with van der Waals surface area (Å²) < 4.78 is 0. The highest BCUT2D eigenvalue weighted by Gasteiger charge is 2.21. The normalized spacial score (nSPS) is 19.5. The maximum Gasteiger partial charge on any atom is 0.137 e. The number of anilines is 1. The molecule has 100 valence electrons. The third-order valence-corrected chi connectivity index (χ3v) is 4.24. The zero-order chi connectivity index (χ0) is 13.4. The fraction of sp³-hybridized carbons (Fsp3) is 0.294. The van der Waals surface area contributed by atoms with E-state index in [1.165, 1.54) is 30.4 Å². The topological polar surface area (TPSA) is 37.8 Å². The predicted molar refractivity (Wildman–Crippen MR) is 80.5 cm³/mol. The highest BCUT2D eigenvalue weighted by atomic mass is 15.0. The molecule has 1 aromatic carbocycles. The number of aryl methyl sites for hydroxylation is 1. The number of allylic oxidation sites excluding steroid dienone is 1. The maximum absolute atomic E-state index is 4.44. The number of nitrogens with zero attached hydrogens (tertiary/aromatic N) is 2. The molecule has 0 spiro atoms. The van der Waals surface area contributed by atoms with Crippen molar-refractivity contribution in [2.24, 2.45) is 0 Å². The lowest BCUT2D eigenvalue weighted by atomic mass is 9.87. The summed E-state index contributed by atoms with van der Waals surface area (Å²) >= 11 is 0. The van der Waals surface area contributed by atoms with E-state index in [2.05, 4.69) is 51.7 Å². The van der Waals surface area contributed by atoms with Crippen LogP contribution < -0.4 is 5.32 Å². The first kappa shape index (κ1) is 11.6. The van der Waals surface area contributed by atoms with Gasteiger partial charge in [-0.05, 0) is 30.4 Å². The number of fused-ring (bicyclic) bond motifs is 2. The van der Waals surface area contributed by atoms with Crippen molar-refractivity contribution < 1.29 is 0 Å². The van der Waals surface area contributed by atoms with Crippen molar-refractivity contribution in [3.8, 4) is 0 Å². The summed E-state index contributed by atoms with van der Waals surface area (Å²) in [5.74, 6) is 0.977. The van der Waals surface area contributed by atoms with Gasteiger partial charge in [-0.3, -0.25) is 0 Å². The fourth-order valence-electron chi connectivity index (χ4n) is 3.24. The Labute approximate surface area is 118 Å². The summed E-state index contributed by atoms with van der Waals surface area (Å²) in [5, 5.41) is 3.64. The van der Waals surface area contributed by atoms with E-state index < -0.39 is 0 Å². The first-order valence-corrected chi connectivity index (χ1v) is 7.26. The van der Waals surface area contributed by atoms with Crippen LogP contribution in [-0.2, 0) is 12.8 Å². The summed E-state index contributed by atoms with van der Waals surface area (Å²) in [5.41, 5.74) is 5.19. The zero-order valence-electron chi connectivity index (χ0n) is 11.3. The Balaban J connectivity index is 1.68. The molecule has 1 unspecified atom stereocenters. The SMILES string of the molecule is C1=Cc2c(ncnc2NC2CCCc3ccccc32)C1. The second-order valence-electron chi connectivity index (χ2n) is 5.48. The van der Waals surface area contributed by atoms with Crippen LogP contribution >= 0.6 is 0 Å². The molecule has 2 aromatic rings. The van der Waals surface area contributed by atoms with Gasteiger partial charge in [0, 0.05) is 12.0 Å². The summed E-state index contributed by atoms with van der Waals surface area (Å²) in [6.45, 7) is 0. The molecule has 1 atom stereocenters. The molecule has 0 aliphatic heterocycles. The molecule has 0 fully saturated rings. The zero-order valence-corrected chi connectivity index (χ0v) is 11.3. The van der Waals surface area contributed by atoms with Crippen LogP contribution in [0.15, 0.2) is 36.7 Å². The number of rotatable bonds is 2. The molecule has 2 aliphatic carbocycles. The van der Waals surface area contributed by atoms with Gasteiger partial charge in [0.25, 0.3) is 0 Å². The highest BCUT2D eigenvalue weighted by Crippen LogP contribution is 2.33. The Bertz CT molecular complexity index is 676. The van der Waals surface area contributed by atoms with E-state index in [1.807, 2.05) is 0 Å². The Morgan fingerprint density at radius 3 is 3.10 bits per heavy atom. The Morgan fingerprint density at radius 1 is 1.15 bits per heavy atom. The van der Waals surface area contributed by atoms with Crippen LogP contribution in [0.3, 0.4) is 0 Å². The molecule has 2 aliphatic rings. The van der Waals surface area contributed by atoms with E-state index in [0.29, 0.717) is 6.04 Å². The van der Waals surface area contributed by atoms with Gasteiger partial charge in [0.2, 0.25) is 0 Å². The Kier molecular flexibility index (Phi) is 2.76. The standard InChI is InChI=1S/C17H17N3/c1-2-7-13-12(5-1)6-3-10-16(13)20-17-14-8-4-9-15(14)18-11-19-17/h1-2,4-5,7-8,11,16H,3,6,9-10H2,(H,18,19,20). The van der Waals surface area contributed by atoms with Gasteiger partial charge in [0.1, 0.15) is 12.1 Å². The molecule has 3 nitrogen and oxygen atoms in total. The lowest BCUT2D eigenvalue weighted by molar-refractivity contribution is 0.598. The molecule has 1 N–H and O–H groups in total. The van der Waals surface area contributed by atoms with Crippen molar-refractivity contribution in [2.75, 3.05) is 5.32 Å². The van der Waals surface area contributed by atoms with Gasteiger partial charge >= 0.3 is 0 Å². The summed E-state index contributed by atoms with van der Waals surface area (Å²) in [7, 11) is 0. The minimum atomic E-state index is 0.368. The largest absolute Gasteiger partial charge is 0.363 e. The van der Waals surface area contributed by atoms with Gasteiger partial charge in [0.05, 0.1) is 11.7 Å². The van der Waals surface area contributed by atoms with Crippen LogP contribution in [0.2, 0.25) is 0 Å². The van der Waals surface area contributed by atoms with Crippen molar-refractivity contribution in [1.82, 2.24) is 9.97 Å². The molecule has 1 aromatic heterocycles. The summed E-state index contributed by atoms with van der Waals surface area (Å²) in [4.78, 5) is 8.79. The fourth-order valence-corrected chi connectivity index (χ4v) is 3.24. The van der Waals surface area contributed by atoms with Crippen molar-refractivity contribution in [1.29, 1.82) is 0 Å². The molecule has 0 amide bonds. The smallest absolute Gasteiger partial charge is 0.137 e. The number of aromatic nitrogens is 2. The third-order valence-electron chi connectivity index (χ3n) is 4.24. The first-order valence-electron chi connectivity index (χ1n) is 7.26. The monoisotopic (exact) mass is 263 g/mol. The van der Waals surface area contributed by atoms with Gasteiger partial charge in [-0.1, -0.05) is 36.4 Å². The molecule has 0 radical (unpaired) electrons. The molecular weight excluding hydrogens is 246 g/mol. The Morgan fingerprint density at radius 2 is 2.10 bits per heavy atom. The second-order valence-corrected chi connectivity index (χ2v) is 5.48. The van der Waals surface area contributed by atoms with Crippen LogP contribution in [-0.4, -0.2) is 9.97 Å².